The van der Waals surface area contributed by atoms with Crippen LogP contribution < -0.4 is 9.80 Å². The van der Waals surface area contributed by atoms with Crippen LogP contribution in [0.4, 0.5) is 34.1 Å². The van der Waals surface area contributed by atoms with Gasteiger partial charge in [0.15, 0.2) is 17.5 Å². The van der Waals surface area contributed by atoms with Gasteiger partial charge in [-0.05, 0) is 70.8 Å². The van der Waals surface area contributed by atoms with Crippen molar-refractivity contribution < 1.29 is 0 Å². The van der Waals surface area contributed by atoms with E-state index in [2.05, 4.69) is 139 Å². The topological polar surface area (TPSA) is 45.2 Å². The lowest BCUT2D eigenvalue weighted by Crippen LogP contribution is -2.28. The molecule has 8 aromatic rings. The number of anilines is 6. The van der Waals surface area contributed by atoms with E-state index in [1.54, 1.807) is 0 Å². The van der Waals surface area contributed by atoms with Crippen LogP contribution in [0.3, 0.4) is 0 Å². The first-order valence-corrected chi connectivity index (χ1v) is 18.1. The number of hydrogen-bond acceptors (Lipinski definition) is 5. The fourth-order valence-electron chi connectivity index (χ4n) is 8.16. The Kier molecular flexibility index (Phi) is 7.08. The number of benzene rings is 7. The molecule has 0 bridgehead atoms. The van der Waals surface area contributed by atoms with E-state index in [4.69, 9.17) is 15.0 Å². The smallest absolute Gasteiger partial charge is 0.164 e. The highest BCUT2D eigenvalue weighted by Crippen LogP contribution is 2.62. The van der Waals surface area contributed by atoms with E-state index in [0.29, 0.717) is 17.5 Å². The van der Waals surface area contributed by atoms with Gasteiger partial charge < -0.3 is 9.80 Å². The van der Waals surface area contributed by atoms with Gasteiger partial charge in [-0.1, -0.05) is 141 Å². The Morgan fingerprint density at radius 3 is 1.49 bits per heavy atom. The van der Waals surface area contributed by atoms with Crippen LogP contribution in [0.1, 0.15) is 25.0 Å². The number of hydrogen-bond donors (Lipinski definition) is 0. The van der Waals surface area contributed by atoms with Crippen LogP contribution in [0.5, 0.6) is 0 Å². The first kappa shape index (κ1) is 30.9. The standard InChI is InChI=1S/C48H35N5/c1-48(2)39-26-16-15-25-37(39)38-28-30-41-44(43(38)48)53(36-23-13-6-14-24-36)40-29-27-34(31-42(40)52(41)35-21-11-5-12-22-35)47-50-45(32-17-7-3-8-18-32)49-46(51-47)33-19-9-4-10-20-33/h3-31H,1-2H3. The average molecular weight is 682 g/mol. The molecule has 0 spiro atoms. The molecule has 1 aromatic heterocycles. The van der Waals surface area contributed by atoms with Crippen LogP contribution in [0.15, 0.2) is 176 Å². The van der Waals surface area contributed by atoms with Gasteiger partial charge in [-0.3, -0.25) is 0 Å². The monoisotopic (exact) mass is 681 g/mol. The van der Waals surface area contributed by atoms with Gasteiger partial charge in [-0.2, -0.15) is 0 Å². The van der Waals surface area contributed by atoms with Crippen molar-refractivity contribution in [2.45, 2.75) is 19.3 Å². The second kappa shape index (κ2) is 12.1. The fraction of sp³-hybridized carbons (Fsp3) is 0.0625. The summed E-state index contributed by atoms with van der Waals surface area (Å²) in [4.78, 5) is 20.0. The molecule has 0 fully saturated rings. The highest BCUT2D eigenvalue weighted by molar-refractivity contribution is 6.06. The summed E-state index contributed by atoms with van der Waals surface area (Å²) in [6, 6.07) is 61.8. The Balaban J connectivity index is 1.24. The van der Waals surface area contributed by atoms with Gasteiger partial charge in [0.1, 0.15) is 0 Å². The lowest BCUT2D eigenvalue weighted by Gasteiger charge is -2.43. The summed E-state index contributed by atoms with van der Waals surface area (Å²) in [5.74, 6) is 1.90. The van der Waals surface area contributed by atoms with Crippen LogP contribution in [-0.2, 0) is 5.41 Å². The summed E-state index contributed by atoms with van der Waals surface area (Å²) in [6.07, 6.45) is 0. The van der Waals surface area contributed by atoms with E-state index in [0.717, 1.165) is 45.1 Å². The zero-order chi connectivity index (χ0) is 35.5. The molecule has 0 radical (unpaired) electrons. The minimum atomic E-state index is -0.226. The molecule has 252 valence electrons. The second-order valence-corrected chi connectivity index (χ2v) is 14.1. The summed E-state index contributed by atoms with van der Waals surface area (Å²) in [5.41, 5.74) is 14.5. The molecule has 7 aromatic carbocycles. The van der Waals surface area contributed by atoms with Gasteiger partial charge in [-0.25, -0.2) is 15.0 Å². The maximum atomic E-state index is 5.10. The molecule has 0 N–H and O–H groups in total. The summed E-state index contributed by atoms with van der Waals surface area (Å²) in [5, 5.41) is 0. The number of fused-ring (bicyclic) bond motifs is 6. The average Bonchev–Trinajstić information content (AvgIpc) is 3.46. The Morgan fingerprint density at radius 2 is 0.887 bits per heavy atom. The Bertz CT molecular complexity index is 2580. The molecule has 10 rings (SSSR count). The SMILES string of the molecule is CC1(C)c2ccccc2-c2ccc3c(c21)N(c1ccccc1)c1ccc(-c2nc(-c4ccccc4)nc(-c4ccccc4)n2)cc1N3c1ccccc1. The van der Waals surface area contributed by atoms with Crippen LogP contribution >= 0.6 is 0 Å². The molecule has 0 unspecified atom stereocenters. The van der Waals surface area contributed by atoms with E-state index in [9.17, 15) is 0 Å². The maximum absolute atomic E-state index is 5.10. The quantitative estimate of drug-likeness (QED) is 0.181. The Labute approximate surface area is 309 Å². The first-order chi connectivity index (χ1) is 26.1. The molecule has 5 nitrogen and oxygen atoms in total. The summed E-state index contributed by atoms with van der Waals surface area (Å²) < 4.78 is 0. The third-order valence-corrected chi connectivity index (χ3v) is 10.6. The van der Waals surface area contributed by atoms with Crippen molar-refractivity contribution in [1.29, 1.82) is 0 Å². The van der Waals surface area contributed by atoms with Gasteiger partial charge >= 0.3 is 0 Å². The molecule has 53 heavy (non-hydrogen) atoms. The predicted molar refractivity (Wildman–Crippen MR) is 217 cm³/mol. The van der Waals surface area contributed by atoms with E-state index in [1.807, 2.05) is 60.7 Å². The van der Waals surface area contributed by atoms with Gasteiger partial charge in [0.2, 0.25) is 0 Å². The zero-order valence-corrected chi connectivity index (χ0v) is 29.5. The molecular formula is C48H35N5. The normalized spacial score (nSPS) is 13.5. The molecule has 0 amide bonds. The predicted octanol–water partition coefficient (Wildman–Crippen LogP) is 12.4. The van der Waals surface area contributed by atoms with Crippen molar-refractivity contribution in [3.63, 3.8) is 0 Å². The molecular weight excluding hydrogens is 647 g/mol. The molecule has 2 aliphatic rings. The molecule has 0 saturated heterocycles. The highest BCUT2D eigenvalue weighted by atomic mass is 15.3. The van der Waals surface area contributed by atoms with Crippen LogP contribution in [0.25, 0.3) is 45.3 Å². The van der Waals surface area contributed by atoms with Gasteiger partial charge in [0.25, 0.3) is 0 Å². The van der Waals surface area contributed by atoms with Crippen LogP contribution in [0, 0.1) is 0 Å². The van der Waals surface area contributed by atoms with Gasteiger partial charge in [-0.15, -0.1) is 0 Å². The van der Waals surface area contributed by atoms with Crippen molar-refractivity contribution in [2.75, 3.05) is 9.80 Å². The number of para-hydroxylation sites is 2. The van der Waals surface area contributed by atoms with Crippen molar-refractivity contribution in [2.24, 2.45) is 0 Å². The van der Waals surface area contributed by atoms with Gasteiger partial charge in [0.05, 0.1) is 22.7 Å². The van der Waals surface area contributed by atoms with Crippen molar-refractivity contribution in [3.05, 3.63) is 187 Å². The van der Waals surface area contributed by atoms with Crippen molar-refractivity contribution >= 4 is 34.1 Å². The van der Waals surface area contributed by atoms with Gasteiger partial charge in [0, 0.05) is 33.5 Å². The fourth-order valence-corrected chi connectivity index (χ4v) is 8.16. The van der Waals surface area contributed by atoms with Crippen molar-refractivity contribution in [1.82, 2.24) is 15.0 Å². The summed E-state index contributed by atoms with van der Waals surface area (Å²) in [7, 11) is 0. The molecule has 0 atom stereocenters. The number of rotatable bonds is 5. The first-order valence-electron chi connectivity index (χ1n) is 18.1. The minimum absolute atomic E-state index is 0.226. The molecule has 1 aliphatic carbocycles. The molecule has 2 heterocycles. The van der Waals surface area contributed by atoms with E-state index in [-0.39, 0.29) is 5.41 Å². The van der Waals surface area contributed by atoms with Crippen LogP contribution in [0.2, 0.25) is 0 Å². The zero-order valence-electron chi connectivity index (χ0n) is 29.5. The second-order valence-electron chi connectivity index (χ2n) is 14.1. The summed E-state index contributed by atoms with van der Waals surface area (Å²) >= 11 is 0. The highest BCUT2D eigenvalue weighted by Gasteiger charge is 2.43. The van der Waals surface area contributed by atoms with E-state index < -0.39 is 0 Å². The van der Waals surface area contributed by atoms with Crippen LogP contribution in [-0.4, -0.2) is 15.0 Å². The number of nitrogens with zero attached hydrogens (tertiary/aromatic N) is 5. The number of aromatic nitrogens is 3. The van der Waals surface area contributed by atoms with E-state index in [1.165, 1.54) is 27.9 Å². The van der Waals surface area contributed by atoms with E-state index >= 15 is 0 Å². The largest absolute Gasteiger partial charge is 0.306 e. The lowest BCUT2D eigenvalue weighted by molar-refractivity contribution is 0.660. The molecule has 5 heteroatoms. The third kappa shape index (κ3) is 4.96. The maximum Gasteiger partial charge on any atom is 0.164 e. The van der Waals surface area contributed by atoms with Crippen molar-refractivity contribution in [3.8, 4) is 45.3 Å². The lowest BCUT2D eigenvalue weighted by atomic mass is 9.80. The minimum Gasteiger partial charge on any atom is -0.306 e. The molecule has 1 aliphatic heterocycles. The third-order valence-electron chi connectivity index (χ3n) is 10.6. The Morgan fingerprint density at radius 1 is 0.396 bits per heavy atom. The Hall–Kier alpha value is -6.85. The summed E-state index contributed by atoms with van der Waals surface area (Å²) in [6.45, 7) is 4.73. The molecule has 0 saturated carbocycles.